The van der Waals surface area contributed by atoms with Gasteiger partial charge in [0.15, 0.2) is 5.96 Å². The second-order valence-corrected chi connectivity index (χ2v) is 6.73. The van der Waals surface area contributed by atoms with Gasteiger partial charge in [0, 0.05) is 43.6 Å². The molecular weight excluding hydrogens is 463 g/mol. The predicted molar refractivity (Wildman–Crippen MR) is 128 cm³/mol. The SMILES string of the molecule is CCNC(=NCCCn1ccc2ccccc21)NCCCc1cn[nH]c1C.I. The molecule has 7 heteroatoms. The van der Waals surface area contributed by atoms with Crippen LogP contribution in [0, 0.1) is 6.92 Å². The second kappa shape index (κ2) is 11.7. The van der Waals surface area contributed by atoms with E-state index in [0.29, 0.717) is 0 Å². The highest BCUT2D eigenvalue weighted by Gasteiger charge is 2.02. The first-order valence-corrected chi connectivity index (χ1v) is 9.83. The fraction of sp³-hybridized carbons (Fsp3) is 0.429. The number of hydrogen-bond acceptors (Lipinski definition) is 2. The quantitative estimate of drug-likeness (QED) is 0.183. The van der Waals surface area contributed by atoms with Crippen molar-refractivity contribution in [3.05, 3.63) is 54.0 Å². The van der Waals surface area contributed by atoms with Crippen LogP contribution < -0.4 is 10.6 Å². The molecule has 6 nitrogen and oxygen atoms in total. The lowest BCUT2D eigenvalue weighted by atomic mass is 10.1. The van der Waals surface area contributed by atoms with Gasteiger partial charge in [-0.3, -0.25) is 10.1 Å². The van der Waals surface area contributed by atoms with Gasteiger partial charge in [-0.15, -0.1) is 24.0 Å². The molecule has 0 saturated heterocycles. The Morgan fingerprint density at radius 2 is 2.04 bits per heavy atom. The van der Waals surface area contributed by atoms with E-state index in [4.69, 9.17) is 4.99 Å². The van der Waals surface area contributed by atoms with Crippen LogP contribution in [0.2, 0.25) is 0 Å². The Hall–Kier alpha value is -2.03. The van der Waals surface area contributed by atoms with Crippen LogP contribution in [-0.2, 0) is 13.0 Å². The first kappa shape index (κ1) is 22.3. The summed E-state index contributed by atoms with van der Waals surface area (Å²) >= 11 is 0. The number of aliphatic imine (C=N–C) groups is 1. The molecule has 0 radical (unpaired) electrons. The maximum atomic E-state index is 4.71. The van der Waals surface area contributed by atoms with Crippen LogP contribution >= 0.6 is 24.0 Å². The summed E-state index contributed by atoms with van der Waals surface area (Å²) in [5.74, 6) is 0.902. The minimum absolute atomic E-state index is 0. The average Bonchev–Trinajstić information content (AvgIpc) is 3.28. The summed E-state index contributed by atoms with van der Waals surface area (Å²) in [5.41, 5.74) is 3.74. The van der Waals surface area contributed by atoms with Gasteiger partial charge >= 0.3 is 0 Å². The van der Waals surface area contributed by atoms with Gasteiger partial charge in [-0.2, -0.15) is 5.10 Å². The molecule has 3 rings (SSSR count). The topological polar surface area (TPSA) is 70.0 Å². The first-order valence-electron chi connectivity index (χ1n) is 9.83. The predicted octanol–water partition coefficient (Wildman–Crippen LogP) is 3.87. The van der Waals surface area contributed by atoms with E-state index in [9.17, 15) is 0 Å². The van der Waals surface area contributed by atoms with E-state index in [2.05, 4.69) is 75.8 Å². The summed E-state index contributed by atoms with van der Waals surface area (Å²) in [5, 5.41) is 15.1. The molecule has 28 heavy (non-hydrogen) atoms. The Morgan fingerprint density at radius 1 is 1.18 bits per heavy atom. The van der Waals surface area contributed by atoms with Crippen molar-refractivity contribution >= 4 is 40.8 Å². The van der Waals surface area contributed by atoms with Crippen LogP contribution in [0.1, 0.15) is 31.0 Å². The lowest BCUT2D eigenvalue weighted by Crippen LogP contribution is -2.38. The van der Waals surface area contributed by atoms with E-state index in [1.165, 1.54) is 16.5 Å². The van der Waals surface area contributed by atoms with E-state index in [1.54, 1.807) is 0 Å². The van der Waals surface area contributed by atoms with Crippen molar-refractivity contribution in [1.29, 1.82) is 0 Å². The number of benzene rings is 1. The van der Waals surface area contributed by atoms with Crippen LogP contribution in [0.3, 0.4) is 0 Å². The molecular formula is C21H31IN6. The maximum absolute atomic E-state index is 4.71. The van der Waals surface area contributed by atoms with Gasteiger partial charge in [0.05, 0.1) is 6.20 Å². The Kier molecular flexibility index (Phi) is 9.33. The van der Waals surface area contributed by atoms with Crippen LogP contribution in [0.5, 0.6) is 0 Å². The number of rotatable bonds is 9. The summed E-state index contributed by atoms with van der Waals surface area (Å²) in [4.78, 5) is 4.71. The van der Waals surface area contributed by atoms with E-state index in [-0.39, 0.29) is 24.0 Å². The molecule has 0 fully saturated rings. The normalized spacial score (nSPS) is 11.4. The minimum atomic E-state index is 0. The highest BCUT2D eigenvalue weighted by molar-refractivity contribution is 14.0. The number of H-pyrrole nitrogens is 1. The lowest BCUT2D eigenvalue weighted by molar-refractivity contribution is 0.665. The lowest BCUT2D eigenvalue weighted by Gasteiger charge is -2.11. The molecule has 0 atom stereocenters. The summed E-state index contributed by atoms with van der Waals surface area (Å²) < 4.78 is 2.30. The van der Waals surface area contributed by atoms with Crippen molar-refractivity contribution in [3.8, 4) is 0 Å². The van der Waals surface area contributed by atoms with Gasteiger partial charge in [0.25, 0.3) is 0 Å². The smallest absolute Gasteiger partial charge is 0.191 e. The number of guanidine groups is 1. The Morgan fingerprint density at radius 3 is 2.82 bits per heavy atom. The van der Waals surface area contributed by atoms with Crippen molar-refractivity contribution in [1.82, 2.24) is 25.4 Å². The number of aromatic amines is 1. The van der Waals surface area contributed by atoms with Crippen LogP contribution in [0.15, 0.2) is 47.7 Å². The third-order valence-electron chi connectivity index (χ3n) is 4.70. The molecule has 0 unspecified atom stereocenters. The van der Waals surface area contributed by atoms with Gasteiger partial charge < -0.3 is 15.2 Å². The molecule has 0 aliphatic heterocycles. The minimum Gasteiger partial charge on any atom is -0.357 e. The summed E-state index contributed by atoms with van der Waals surface area (Å²) in [6.07, 6.45) is 7.17. The van der Waals surface area contributed by atoms with Crippen LogP contribution in [0.25, 0.3) is 10.9 Å². The Bertz CT molecular complexity index is 867. The van der Waals surface area contributed by atoms with Crippen LogP contribution in [0.4, 0.5) is 0 Å². The standard InChI is InChI=1S/C21H30N6.HI/c1-3-22-21(23-12-6-9-19-16-25-26-17(19)2)24-13-7-14-27-15-11-18-8-4-5-10-20(18)27;/h4-5,8,10-11,15-16H,3,6-7,9,12-14H2,1-2H3,(H,25,26)(H2,22,23,24);1H. The van der Waals surface area contributed by atoms with Crippen molar-refractivity contribution in [3.63, 3.8) is 0 Å². The van der Waals surface area contributed by atoms with Gasteiger partial charge in [-0.25, -0.2) is 0 Å². The number of aromatic nitrogens is 3. The summed E-state index contributed by atoms with van der Waals surface area (Å²) in [7, 11) is 0. The van der Waals surface area contributed by atoms with E-state index in [0.717, 1.165) is 57.1 Å². The van der Waals surface area contributed by atoms with Crippen LogP contribution in [-0.4, -0.2) is 40.4 Å². The molecule has 0 aliphatic rings. The molecule has 0 aliphatic carbocycles. The molecule has 0 amide bonds. The number of hydrogen-bond donors (Lipinski definition) is 3. The molecule has 3 N–H and O–H groups in total. The summed E-state index contributed by atoms with van der Waals surface area (Å²) in [6, 6.07) is 10.7. The Balaban J connectivity index is 0.00000280. The fourth-order valence-corrected chi connectivity index (χ4v) is 3.22. The first-order chi connectivity index (χ1) is 13.3. The largest absolute Gasteiger partial charge is 0.357 e. The molecule has 0 spiro atoms. The zero-order chi connectivity index (χ0) is 18.9. The molecule has 3 aromatic rings. The second-order valence-electron chi connectivity index (χ2n) is 6.73. The number of para-hydroxylation sites is 1. The Labute approximate surface area is 184 Å². The zero-order valence-electron chi connectivity index (χ0n) is 16.7. The molecule has 0 saturated carbocycles. The van der Waals surface area contributed by atoms with E-state index >= 15 is 0 Å². The van der Waals surface area contributed by atoms with Gasteiger partial charge in [-0.1, -0.05) is 18.2 Å². The number of nitrogens with one attached hydrogen (secondary N) is 3. The summed E-state index contributed by atoms with van der Waals surface area (Å²) in [6.45, 7) is 7.72. The van der Waals surface area contributed by atoms with E-state index in [1.807, 2.05) is 6.20 Å². The number of nitrogens with zero attached hydrogens (tertiary/aromatic N) is 3. The maximum Gasteiger partial charge on any atom is 0.191 e. The number of fused-ring (bicyclic) bond motifs is 1. The fourth-order valence-electron chi connectivity index (χ4n) is 3.22. The van der Waals surface area contributed by atoms with Gasteiger partial charge in [0.1, 0.15) is 0 Å². The van der Waals surface area contributed by atoms with Gasteiger partial charge in [0.2, 0.25) is 0 Å². The highest BCUT2D eigenvalue weighted by Crippen LogP contribution is 2.15. The van der Waals surface area contributed by atoms with E-state index < -0.39 is 0 Å². The van der Waals surface area contributed by atoms with Crippen molar-refractivity contribution in [2.45, 2.75) is 39.7 Å². The average molecular weight is 494 g/mol. The molecule has 1 aromatic carbocycles. The van der Waals surface area contributed by atoms with Crippen molar-refractivity contribution in [2.24, 2.45) is 4.99 Å². The number of halogens is 1. The molecule has 0 bridgehead atoms. The van der Waals surface area contributed by atoms with Gasteiger partial charge in [-0.05, 0) is 56.2 Å². The monoisotopic (exact) mass is 494 g/mol. The van der Waals surface area contributed by atoms with Crippen molar-refractivity contribution in [2.75, 3.05) is 19.6 Å². The third kappa shape index (κ3) is 6.25. The molecule has 152 valence electrons. The number of aryl methyl sites for hydroxylation is 3. The van der Waals surface area contributed by atoms with Crippen molar-refractivity contribution < 1.29 is 0 Å². The highest BCUT2D eigenvalue weighted by atomic mass is 127. The molecule has 2 heterocycles. The zero-order valence-corrected chi connectivity index (χ0v) is 19.1. The third-order valence-corrected chi connectivity index (χ3v) is 4.70. The molecule has 2 aromatic heterocycles.